The van der Waals surface area contributed by atoms with Gasteiger partial charge in [0.05, 0.1) is 29.5 Å². The number of anilines is 2. The zero-order valence-electron chi connectivity index (χ0n) is 9.00. The number of halogens is 1. The van der Waals surface area contributed by atoms with E-state index in [4.69, 9.17) is 16.3 Å². The Hall–Kier alpha value is -1.26. The molecule has 0 saturated carbocycles. The molecule has 0 aliphatic carbocycles. The minimum absolute atomic E-state index is 0.0223. The van der Waals surface area contributed by atoms with Gasteiger partial charge in [0.2, 0.25) is 5.91 Å². The van der Waals surface area contributed by atoms with Gasteiger partial charge in [0.25, 0.3) is 0 Å². The molecule has 0 spiro atoms. The quantitative estimate of drug-likeness (QED) is 0.875. The van der Waals surface area contributed by atoms with Crippen LogP contribution in [0.5, 0.6) is 0 Å². The smallest absolute Gasteiger partial charge is 0.243 e. The van der Waals surface area contributed by atoms with Crippen molar-refractivity contribution in [1.82, 2.24) is 0 Å². The number of amides is 1. The molecule has 0 saturated heterocycles. The molecular weight excluding hydrogens is 228 g/mol. The number of carbonyl (C=O) groups is 1. The highest BCUT2D eigenvalue weighted by atomic mass is 35.5. The van der Waals surface area contributed by atoms with Gasteiger partial charge in [-0.2, -0.15) is 0 Å². The number of methoxy groups -OCH3 is 1. The highest BCUT2D eigenvalue weighted by Crippen LogP contribution is 2.35. The van der Waals surface area contributed by atoms with Gasteiger partial charge < -0.3 is 15.0 Å². The third kappa shape index (κ3) is 2.13. The first-order valence-electron chi connectivity index (χ1n) is 5.04. The van der Waals surface area contributed by atoms with Crippen LogP contribution in [-0.4, -0.2) is 32.7 Å². The Morgan fingerprint density at radius 3 is 3.12 bits per heavy atom. The van der Waals surface area contributed by atoms with Crippen molar-refractivity contribution in [2.75, 3.05) is 37.0 Å². The fourth-order valence-corrected chi connectivity index (χ4v) is 2.07. The highest BCUT2D eigenvalue weighted by Gasteiger charge is 2.23. The van der Waals surface area contributed by atoms with Crippen molar-refractivity contribution in [3.63, 3.8) is 0 Å². The van der Waals surface area contributed by atoms with Gasteiger partial charge in [0.1, 0.15) is 0 Å². The van der Waals surface area contributed by atoms with Gasteiger partial charge in [-0.25, -0.2) is 0 Å². The topological polar surface area (TPSA) is 41.6 Å². The normalized spacial score (nSPS) is 14.6. The average molecular weight is 241 g/mol. The predicted molar refractivity (Wildman–Crippen MR) is 64.2 cm³/mol. The Labute approximate surface area is 99.1 Å². The number of nitrogens with zero attached hydrogens (tertiary/aromatic N) is 1. The van der Waals surface area contributed by atoms with Crippen molar-refractivity contribution in [1.29, 1.82) is 0 Å². The minimum atomic E-state index is -0.0223. The van der Waals surface area contributed by atoms with E-state index in [1.54, 1.807) is 7.11 Å². The molecule has 1 aromatic carbocycles. The molecule has 0 fully saturated rings. The van der Waals surface area contributed by atoms with Crippen LogP contribution >= 0.6 is 11.6 Å². The Balaban J connectivity index is 2.32. The number of ether oxygens (including phenoxy) is 1. The zero-order valence-corrected chi connectivity index (χ0v) is 9.75. The Morgan fingerprint density at radius 1 is 1.56 bits per heavy atom. The van der Waals surface area contributed by atoms with Crippen LogP contribution in [0.4, 0.5) is 11.4 Å². The van der Waals surface area contributed by atoms with Crippen molar-refractivity contribution >= 4 is 28.9 Å². The van der Waals surface area contributed by atoms with Crippen LogP contribution < -0.4 is 10.2 Å². The molecule has 0 atom stereocenters. The van der Waals surface area contributed by atoms with Crippen LogP contribution in [-0.2, 0) is 9.53 Å². The number of benzene rings is 1. The predicted octanol–water partition coefficient (Wildman–Crippen LogP) is 1.74. The number of hydrogen-bond acceptors (Lipinski definition) is 3. The number of rotatable bonds is 3. The lowest BCUT2D eigenvalue weighted by molar-refractivity contribution is -0.115. The minimum Gasteiger partial charge on any atom is -0.383 e. The summed E-state index contributed by atoms with van der Waals surface area (Å²) in [6.07, 6.45) is 0. The number of hydrogen-bond donors (Lipinski definition) is 1. The molecule has 4 nitrogen and oxygen atoms in total. The van der Waals surface area contributed by atoms with Gasteiger partial charge in [-0.15, -0.1) is 0 Å². The molecule has 1 amide bonds. The van der Waals surface area contributed by atoms with Crippen molar-refractivity contribution in [3.8, 4) is 0 Å². The van der Waals surface area contributed by atoms with E-state index in [0.717, 1.165) is 11.4 Å². The first kappa shape index (κ1) is 11.2. The van der Waals surface area contributed by atoms with Gasteiger partial charge in [-0.3, -0.25) is 4.79 Å². The maximum absolute atomic E-state index is 11.5. The molecule has 0 aromatic heterocycles. The molecule has 0 unspecified atom stereocenters. The van der Waals surface area contributed by atoms with Crippen molar-refractivity contribution in [2.45, 2.75) is 0 Å². The van der Waals surface area contributed by atoms with E-state index in [2.05, 4.69) is 5.32 Å². The van der Waals surface area contributed by atoms with Gasteiger partial charge in [-0.1, -0.05) is 17.7 Å². The Morgan fingerprint density at radius 2 is 2.38 bits per heavy atom. The van der Waals surface area contributed by atoms with E-state index in [1.165, 1.54) is 0 Å². The molecule has 1 aliphatic rings. The summed E-state index contributed by atoms with van der Waals surface area (Å²) in [5, 5.41) is 3.45. The van der Waals surface area contributed by atoms with Crippen molar-refractivity contribution < 1.29 is 9.53 Å². The van der Waals surface area contributed by atoms with E-state index in [1.807, 2.05) is 23.1 Å². The molecule has 0 radical (unpaired) electrons. The summed E-state index contributed by atoms with van der Waals surface area (Å²) in [5.41, 5.74) is 1.64. The van der Waals surface area contributed by atoms with Crippen LogP contribution in [0.3, 0.4) is 0 Å². The molecule has 1 N–H and O–H groups in total. The summed E-state index contributed by atoms with van der Waals surface area (Å²) >= 11 is 6.13. The molecular formula is C11H13ClN2O2. The number of fused-ring (bicyclic) bond motifs is 1. The third-order valence-electron chi connectivity index (χ3n) is 2.48. The van der Waals surface area contributed by atoms with E-state index >= 15 is 0 Å². The van der Waals surface area contributed by atoms with E-state index < -0.39 is 0 Å². The summed E-state index contributed by atoms with van der Waals surface area (Å²) in [7, 11) is 1.64. The van der Waals surface area contributed by atoms with Crippen LogP contribution in [0, 0.1) is 0 Å². The van der Waals surface area contributed by atoms with E-state index in [9.17, 15) is 4.79 Å². The largest absolute Gasteiger partial charge is 0.383 e. The number of nitrogens with one attached hydrogen (secondary N) is 1. The summed E-state index contributed by atoms with van der Waals surface area (Å²) in [4.78, 5) is 13.4. The monoisotopic (exact) mass is 240 g/mol. The standard InChI is InChI=1S/C11H13ClN2O2/c1-16-6-5-14-7-10(15)13-9-4-2-3-8(12)11(9)14/h2-4H,5-7H2,1H3,(H,13,15). The molecule has 86 valence electrons. The highest BCUT2D eigenvalue weighted by molar-refractivity contribution is 6.34. The molecule has 1 aromatic rings. The van der Waals surface area contributed by atoms with Gasteiger partial charge in [-0.05, 0) is 12.1 Å². The van der Waals surface area contributed by atoms with E-state index in [0.29, 0.717) is 24.7 Å². The van der Waals surface area contributed by atoms with Gasteiger partial charge >= 0.3 is 0 Å². The van der Waals surface area contributed by atoms with Gasteiger partial charge in [0, 0.05) is 13.7 Å². The fourth-order valence-electron chi connectivity index (χ4n) is 1.77. The average Bonchev–Trinajstić information content (AvgIpc) is 2.25. The summed E-state index contributed by atoms with van der Waals surface area (Å²) in [5.74, 6) is -0.0223. The lowest BCUT2D eigenvalue weighted by Crippen LogP contribution is -2.40. The lowest BCUT2D eigenvalue weighted by atomic mass is 10.2. The lowest BCUT2D eigenvalue weighted by Gasteiger charge is -2.31. The van der Waals surface area contributed by atoms with Crippen molar-refractivity contribution in [2.24, 2.45) is 0 Å². The van der Waals surface area contributed by atoms with Gasteiger partial charge in [0.15, 0.2) is 0 Å². The first-order valence-corrected chi connectivity index (χ1v) is 5.42. The maximum Gasteiger partial charge on any atom is 0.243 e. The SMILES string of the molecule is COCCN1CC(=O)Nc2cccc(Cl)c21. The summed E-state index contributed by atoms with van der Waals surface area (Å²) < 4.78 is 5.02. The molecule has 1 aliphatic heterocycles. The van der Waals surface area contributed by atoms with Crippen LogP contribution in [0.15, 0.2) is 18.2 Å². The van der Waals surface area contributed by atoms with Crippen LogP contribution in [0.2, 0.25) is 5.02 Å². The second kappa shape index (κ2) is 4.72. The molecule has 2 rings (SSSR count). The van der Waals surface area contributed by atoms with Crippen molar-refractivity contribution in [3.05, 3.63) is 23.2 Å². The first-order chi connectivity index (χ1) is 7.72. The number of carbonyl (C=O) groups excluding carboxylic acids is 1. The third-order valence-corrected chi connectivity index (χ3v) is 2.78. The molecule has 16 heavy (non-hydrogen) atoms. The summed E-state index contributed by atoms with van der Waals surface area (Å²) in [6.45, 7) is 1.54. The second-order valence-electron chi connectivity index (χ2n) is 3.60. The second-order valence-corrected chi connectivity index (χ2v) is 4.01. The molecule has 5 heteroatoms. The van der Waals surface area contributed by atoms with Crippen LogP contribution in [0.1, 0.15) is 0 Å². The van der Waals surface area contributed by atoms with E-state index in [-0.39, 0.29) is 5.91 Å². The Bertz CT molecular complexity index is 409. The zero-order chi connectivity index (χ0) is 11.5. The fraction of sp³-hybridized carbons (Fsp3) is 0.364. The van der Waals surface area contributed by atoms with Crippen LogP contribution in [0.25, 0.3) is 0 Å². The summed E-state index contributed by atoms with van der Waals surface area (Å²) in [6, 6.07) is 5.48. The Kier molecular flexibility index (Phi) is 3.31. The molecule has 0 bridgehead atoms. The molecule has 1 heterocycles. The maximum atomic E-state index is 11.5. The number of para-hydroxylation sites is 1.